The van der Waals surface area contributed by atoms with Crippen LogP contribution in [0, 0.1) is 12.8 Å². The van der Waals surface area contributed by atoms with Gasteiger partial charge in [0.15, 0.2) is 0 Å². The second-order valence-corrected chi connectivity index (χ2v) is 6.54. The number of carbonyl (C=O) groups is 1. The molecule has 3 rings (SSSR count). The van der Waals surface area contributed by atoms with Crippen molar-refractivity contribution in [1.82, 2.24) is 9.88 Å². The summed E-state index contributed by atoms with van der Waals surface area (Å²) in [5, 5.41) is 9.56. The molecule has 1 saturated carbocycles. The van der Waals surface area contributed by atoms with E-state index in [0.29, 0.717) is 18.5 Å². The molecule has 114 valence electrons. The van der Waals surface area contributed by atoms with Gasteiger partial charge in [0.1, 0.15) is 6.04 Å². The second-order valence-electron chi connectivity index (χ2n) is 6.54. The summed E-state index contributed by atoms with van der Waals surface area (Å²) in [4.78, 5) is 18.3. The largest absolute Gasteiger partial charge is 0.480 e. The van der Waals surface area contributed by atoms with E-state index in [1.165, 1.54) is 19.3 Å². The fraction of sp³-hybridized carbons (Fsp3) is 0.647. The molecule has 0 spiro atoms. The highest BCUT2D eigenvalue weighted by Gasteiger charge is 2.41. The molecule has 1 saturated heterocycles. The molecule has 2 aliphatic rings. The van der Waals surface area contributed by atoms with Crippen molar-refractivity contribution in [3.8, 4) is 0 Å². The van der Waals surface area contributed by atoms with Gasteiger partial charge in [-0.25, -0.2) is 0 Å². The van der Waals surface area contributed by atoms with Crippen LogP contribution in [0.25, 0.3) is 0 Å². The number of carboxylic acids is 1. The standard InChI is InChI=1S/C17H24N2O2/c1-12-6-8-14(18-10-12)11-19-15-5-3-2-4-13(15)7-9-16(19)17(20)21/h6,8,10,13,15-16H,2-5,7,9,11H2,1H3,(H,20,21). The number of carboxylic acid groups (broad SMARTS) is 1. The predicted octanol–water partition coefficient (Wildman–Crippen LogP) is 3.00. The van der Waals surface area contributed by atoms with Crippen LogP contribution in [-0.2, 0) is 11.3 Å². The first kappa shape index (κ1) is 14.5. The molecule has 1 aromatic rings. The van der Waals surface area contributed by atoms with Crippen LogP contribution < -0.4 is 0 Å². The molecule has 21 heavy (non-hydrogen) atoms. The van der Waals surface area contributed by atoms with Crippen LogP contribution in [-0.4, -0.2) is 33.0 Å². The van der Waals surface area contributed by atoms with Gasteiger partial charge in [0.25, 0.3) is 0 Å². The average molecular weight is 288 g/mol. The fourth-order valence-corrected chi connectivity index (χ4v) is 4.00. The Labute approximate surface area is 126 Å². The molecule has 0 amide bonds. The van der Waals surface area contributed by atoms with E-state index in [1.54, 1.807) is 0 Å². The summed E-state index contributed by atoms with van der Waals surface area (Å²) in [6.07, 6.45) is 8.64. The highest BCUT2D eigenvalue weighted by Crippen LogP contribution is 2.38. The summed E-state index contributed by atoms with van der Waals surface area (Å²) in [5.74, 6) is 0.00549. The Bertz CT molecular complexity index is 500. The van der Waals surface area contributed by atoms with Gasteiger partial charge in [-0.05, 0) is 50.2 Å². The Balaban J connectivity index is 1.81. The van der Waals surface area contributed by atoms with Crippen molar-refractivity contribution in [2.45, 2.75) is 64.1 Å². The number of aliphatic carboxylic acids is 1. The monoisotopic (exact) mass is 288 g/mol. The maximum Gasteiger partial charge on any atom is 0.320 e. The number of pyridine rings is 1. The number of hydrogen-bond donors (Lipinski definition) is 1. The number of aromatic nitrogens is 1. The van der Waals surface area contributed by atoms with Gasteiger partial charge in [-0.3, -0.25) is 14.7 Å². The summed E-state index contributed by atoms with van der Waals surface area (Å²) in [6, 6.07) is 4.17. The number of likely N-dealkylation sites (tertiary alicyclic amines) is 1. The Hall–Kier alpha value is -1.42. The van der Waals surface area contributed by atoms with Crippen LogP contribution in [0.4, 0.5) is 0 Å². The topological polar surface area (TPSA) is 53.4 Å². The number of hydrogen-bond acceptors (Lipinski definition) is 3. The Morgan fingerprint density at radius 3 is 2.81 bits per heavy atom. The van der Waals surface area contributed by atoms with Crippen LogP contribution in [0.3, 0.4) is 0 Å². The van der Waals surface area contributed by atoms with Crippen molar-refractivity contribution >= 4 is 5.97 Å². The third-order valence-electron chi connectivity index (χ3n) is 5.11. The van der Waals surface area contributed by atoms with Crippen molar-refractivity contribution in [3.05, 3.63) is 29.6 Å². The number of rotatable bonds is 3. The minimum atomic E-state index is -0.675. The molecule has 3 atom stereocenters. The zero-order chi connectivity index (χ0) is 14.8. The van der Waals surface area contributed by atoms with Gasteiger partial charge in [0, 0.05) is 18.8 Å². The van der Waals surface area contributed by atoms with E-state index in [1.807, 2.05) is 19.2 Å². The SMILES string of the molecule is Cc1ccc(CN2C(C(=O)O)CCC3CCCCC32)nc1. The minimum absolute atomic E-state index is 0.340. The highest BCUT2D eigenvalue weighted by molar-refractivity contribution is 5.73. The van der Waals surface area contributed by atoms with E-state index in [4.69, 9.17) is 0 Å². The highest BCUT2D eigenvalue weighted by atomic mass is 16.4. The molecule has 2 heterocycles. The molecular weight excluding hydrogens is 264 g/mol. The quantitative estimate of drug-likeness (QED) is 0.929. The zero-order valence-corrected chi connectivity index (χ0v) is 12.7. The summed E-state index contributed by atoms with van der Waals surface area (Å²) in [7, 11) is 0. The van der Waals surface area contributed by atoms with Gasteiger partial charge in [0.2, 0.25) is 0 Å². The molecule has 0 bridgehead atoms. The smallest absolute Gasteiger partial charge is 0.320 e. The molecule has 1 aliphatic heterocycles. The summed E-state index contributed by atoms with van der Waals surface area (Å²) in [5.41, 5.74) is 2.13. The third-order valence-corrected chi connectivity index (χ3v) is 5.11. The summed E-state index contributed by atoms with van der Waals surface area (Å²) >= 11 is 0. The van der Waals surface area contributed by atoms with E-state index < -0.39 is 5.97 Å². The fourth-order valence-electron chi connectivity index (χ4n) is 4.00. The Kier molecular flexibility index (Phi) is 4.24. The van der Waals surface area contributed by atoms with Crippen LogP contribution in [0.1, 0.15) is 49.8 Å². The Morgan fingerprint density at radius 1 is 1.29 bits per heavy atom. The van der Waals surface area contributed by atoms with E-state index >= 15 is 0 Å². The van der Waals surface area contributed by atoms with Crippen molar-refractivity contribution < 1.29 is 9.90 Å². The van der Waals surface area contributed by atoms with Crippen molar-refractivity contribution in [3.63, 3.8) is 0 Å². The maximum absolute atomic E-state index is 11.6. The first-order valence-electron chi connectivity index (χ1n) is 8.05. The van der Waals surface area contributed by atoms with E-state index in [0.717, 1.165) is 30.5 Å². The lowest BCUT2D eigenvalue weighted by Crippen LogP contribution is -2.54. The number of piperidine rings is 1. The van der Waals surface area contributed by atoms with Gasteiger partial charge in [0.05, 0.1) is 5.69 Å². The summed E-state index contributed by atoms with van der Waals surface area (Å²) in [6.45, 7) is 2.69. The molecule has 1 N–H and O–H groups in total. The molecular formula is C17H24N2O2. The lowest BCUT2D eigenvalue weighted by Gasteiger charge is -2.47. The molecule has 0 aromatic carbocycles. The lowest BCUT2D eigenvalue weighted by atomic mass is 9.76. The van der Waals surface area contributed by atoms with Crippen LogP contribution in [0.2, 0.25) is 0 Å². The molecule has 2 fully saturated rings. The molecule has 0 radical (unpaired) electrons. The Morgan fingerprint density at radius 2 is 2.10 bits per heavy atom. The van der Waals surface area contributed by atoms with Crippen LogP contribution in [0.15, 0.2) is 18.3 Å². The molecule has 3 unspecified atom stereocenters. The second kappa shape index (κ2) is 6.14. The number of nitrogens with zero attached hydrogens (tertiary/aromatic N) is 2. The maximum atomic E-state index is 11.6. The molecule has 4 nitrogen and oxygen atoms in total. The lowest BCUT2D eigenvalue weighted by molar-refractivity contribution is -0.148. The van der Waals surface area contributed by atoms with E-state index in [9.17, 15) is 9.90 Å². The van der Waals surface area contributed by atoms with Gasteiger partial charge in [-0.15, -0.1) is 0 Å². The first-order valence-corrected chi connectivity index (χ1v) is 8.05. The zero-order valence-electron chi connectivity index (χ0n) is 12.7. The van der Waals surface area contributed by atoms with E-state index in [-0.39, 0.29) is 6.04 Å². The van der Waals surface area contributed by atoms with Crippen molar-refractivity contribution in [1.29, 1.82) is 0 Å². The van der Waals surface area contributed by atoms with Crippen molar-refractivity contribution in [2.24, 2.45) is 5.92 Å². The van der Waals surface area contributed by atoms with Gasteiger partial charge < -0.3 is 5.11 Å². The molecule has 4 heteroatoms. The normalized spacial score (nSPS) is 29.9. The van der Waals surface area contributed by atoms with Gasteiger partial charge in [-0.1, -0.05) is 18.9 Å². The molecule has 1 aromatic heterocycles. The predicted molar refractivity (Wildman–Crippen MR) is 80.9 cm³/mol. The summed E-state index contributed by atoms with van der Waals surface area (Å²) < 4.78 is 0. The number of fused-ring (bicyclic) bond motifs is 1. The third kappa shape index (κ3) is 3.10. The minimum Gasteiger partial charge on any atom is -0.480 e. The van der Waals surface area contributed by atoms with Crippen molar-refractivity contribution in [2.75, 3.05) is 0 Å². The average Bonchev–Trinajstić information content (AvgIpc) is 2.49. The van der Waals surface area contributed by atoms with Gasteiger partial charge in [-0.2, -0.15) is 0 Å². The molecule has 1 aliphatic carbocycles. The first-order chi connectivity index (χ1) is 10.1. The van der Waals surface area contributed by atoms with Gasteiger partial charge >= 0.3 is 5.97 Å². The van der Waals surface area contributed by atoms with Crippen LogP contribution in [0.5, 0.6) is 0 Å². The van der Waals surface area contributed by atoms with Crippen LogP contribution >= 0.6 is 0 Å². The van der Waals surface area contributed by atoms with E-state index in [2.05, 4.69) is 16.0 Å². The number of aryl methyl sites for hydroxylation is 1.